The number of hydrogen-bond donors (Lipinski definition) is 0. The molecular formula is C9H20IN. The van der Waals surface area contributed by atoms with Crippen molar-refractivity contribution in [3.63, 3.8) is 0 Å². The van der Waals surface area contributed by atoms with Crippen LogP contribution in [0.2, 0.25) is 0 Å². The van der Waals surface area contributed by atoms with Gasteiger partial charge in [-0.3, -0.25) is 0 Å². The third kappa shape index (κ3) is 3.74. The van der Waals surface area contributed by atoms with E-state index in [0.29, 0.717) is 0 Å². The van der Waals surface area contributed by atoms with E-state index in [-0.39, 0.29) is 19.8 Å². The van der Waals surface area contributed by atoms with Crippen LogP contribution < -0.4 is 0 Å². The summed E-state index contributed by atoms with van der Waals surface area (Å²) in [6.45, 7) is 5.11. The minimum absolute atomic E-state index is 0.387. The summed E-state index contributed by atoms with van der Waals surface area (Å²) in [5.74, 6) is 0. The Morgan fingerprint density at radius 2 is 1.91 bits per heavy atom. The molecule has 1 aliphatic heterocycles. The molecule has 0 spiro atoms. The molecule has 0 aromatic rings. The maximum absolute atomic E-state index is 2.49. The molecule has 1 fully saturated rings. The van der Waals surface area contributed by atoms with E-state index in [0.717, 1.165) is 0 Å². The predicted molar refractivity (Wildman–Crippen MR) is 61.0 cm³/mol. The van der Waals surface area contributed by atoms with Gasteiger partial charge in [0.15, 0.2) is 0 Å². The number of nitrogens with zero attached hydrogens (tertiary/aromatic N) is 1. The summed E-state index contributed by atoms with van der Waals surface area (Å²) in [6.07, 6.45) is 2.92. The molecule has 0 radical (unpaired) electrons. The number of alkyl halides is 3. The van der Waals surface area contributed by atoms with Crippen LogP contribution in [0.3, 0.4) is 0 Å². The molecule has 1 aliphatic rings. The topological polar surface area (TPSA) is 3.24 Å². The van der Waals surface area contributed by atoms with Crippen LogP contribution in [0.4, 0.5) is 0 Å². The summed E-state index contributed by atoms with van der Waals surface area (Å²) in [5, 5.41) is 0. The van der Waals surface area contributed by atoms with E-state index in [1.807, 2.05) is 0 Å². The average Bonchev–Trinajstić information content (AvgIpc) is 2.04. The molecule has 11 heavy (non-hydrogen) atoms. The first kappa shape index (κ1) is 9.78. The second-order valence-corrected chi connectivity index (χ2v) is 9.76. The van der Waals surface area contributed by atoms with E-state index in [2.05, 4.69) is 18.9 Å². The van der Waals surface area contributed by atoms with E-state index in [1.165, 1.54) is 25.9 Å². The van der Waals surface area contributed by atoms with Gasteiger partial charge in [0.25, 0.3) is 0 Å². The van der Waals surface area contributed by atoms with E-state index in [4.69, 9.17) is 0 Å². The van der Waals surface area contributed by atoms with Gasteiger partial charge >= 0.3 is 77.9 Å². The van der Waals surface area contributed by atoms with Crippen LogP contribution >= 0.6 is 19.8 Å². The number of halogens is 1. The Labute approximate surface area is 77.9 Å². The van der Waals surface area contributed by atoms with Crippen LogP contribution in [-0.2, 0) is 0 Å². The molecule has 0 atom stereocenters. The first-order valence-electron chi connectivity index (χ1n) is 4.59. The summed E-state index contributed by atoms with van der Waals surface area (Å²) in [6, 6.07) is 0. The first-order chi connectivity index (χ1) is 5.33. The fourth-order valence-electron chi connectivity index (χ4n) is 1.25. The van der Waals surface area contributed by atoms with Crippen molar-refractivity contribution < 1.29 is 0 Å². The second-order valence-electron chi connectivity index (χ2n) is 3.29. The van der Waals surface area contributed by atoms with Gasteiger partial charge in [0.2, 0.25) is 0 Å². The Hall–Kier alpha value is 0.690. The molecule has 0 bridgehead atoms. The number of rotatable bonds is 3. The molecule has 1 nitrogen and oxygen atoms in total. The van der Waals surface area contributed by atoms with Crippen molar-refractivity contribution in [2.45, 2.75) is 19.8 Å². The fraction of sp³-hybridized carbons (Fsp3) is 1.00. The quantitative estimate of drug-likeness (QED) is 0.561. The third-order valence-corrected chi connectivity index (χ3v) is 8.53. The second kappa shape index (κ2) is 5.36. The summed E-state index contributed by atoms with van der Waals surface area (Å²) < 4.78 is 4.83. The van der Waals surface area contributed by atoms with Gasteiger partial charge in [0, 0.05) is 0 Å². The van der Waals surface area contributed by atoms with Crippen LogP contribution in [0.25, 0.3) is 0 Å². The van der Waals surface area contributed by atoms with Crippen molar-refractivity contribution in [3.8, 4) is 0 Å². The summed E-state index contributed by atoms with van der Waals surface area (Å²) in [7, 11) is 2.26. The Balaban J connectivity index is 2.07. The van der Waals surface area contributed by atoms with Crippen LogP contribution in [0.15, 0.2) is 0 Å². The summed E-state index contributed by atoms with van der Waals surface area (Å²) >= 11 is -0.387. The molecule has 2 heteroatoms. The van der Waals surface area contributed by atoms with Gasteiger partial charge in [-0.1, -0.05) is 0 Å². The van der Waals surface area contributed by atoms with Crippen LogP contribution in [0.5, 0.6) is 0 Å². The standard InChI is InChI=1S/C9H20IN/c1-3-4-5-10-6-8-11(2)9-7-10/h3-9H2,1-2H3. The van der Waals surface area contributed by atoms with Gasteiger partial charge in [-0.25, -0.2) is 0 Å². The molecule has 0 aromatic carbocycles. The Kier molecular flexibility index (Phi) is 4.76. The number of unbranched alkanes of at least 4 members (excludes halogenated alkanes) is 1. The Morgan fingerprint density at radius 1 is 1.27 bits per heavy atom. The maximum atomic E-state index is 2.49. The number of hydrogen-bond acceptors (Lipinski definition) is 1. The van der Waals surface area contributed by atoms with Gasteiger partial charge in [-0.05, 0) is 0 Å². The van der Waals surface area contributed by atoms with Crippen molar-refractivity contribution in [1.82, 2.24) is 4.90 Å². The van der Waals surface area contributed by atoms with E-state index in [9.17, 15) is 0 Å². The van der Waals surface area contributed by atoms with Crippen molar-refractivity contribution in [2.24, 2.45) is 0 Å². The van der Waals surface area contributed by atoms with Gasteiger partial charge in [-0.15, -0.1) is 0 Å². The van der Waals surface area contributed by atoms with E-state index < -0.39 is 0 Å². The molecule has 0 unspecified atom stereocenters. The van der Waals surface area contributed by atoms with Crippen molar-refractivity contribution in [2.75, 3.05) is 33.4 Å². The van der Waals surface area contributed by atoms with Gasteiger partial charge in [-0.2, -0.15) is 0 Å². The molecule has 0 aromatic heterocycles. The van der Waals surface area contributed by atoms with Crippen LogP contribution in [-0.4, -0.2) is 38.3 Å². The van der Waals surface area contributed by atoms with Crippen molar-refractivity contribution in [3.05, 3.63) is 0 Å². The molecule has 1 heterocycles. The molecule has 0 aliphatic carbocycles. The molecule has 0 N–H and O–H groups in total. The zero-order valence-electron chi connectivity index (χ0n) is 7.77. The molecule has 68 valence electrons. The summed E-state index contributed by atoms with van der Waals surface area (Å²) in [5.41, 5.74) is 0. The van der Waals surface area contributed by atoms with Crippen molar-refractivity contribution >= 4 is 19.8 Å². The monoisotopic (exact) mass is 269 g/mol. The molecule has 1 rings (SSSR count). The fourth-order valence-corrected chi connectivity index (χ4v) is 7.72. The normalized spacial score (nSPS) is 24.0. The van der Waals surface area contributed by atoms with E-state index >= 15 is 0 Å². The SMILES string of the molecule is CCCCI1CCN(C)CC1. The van der Waals surface area contributed by atoms with Crippen molar-refractivity contribution in [1.29, 1.82) is 0 Å². The zero-order chi connectivity index (χ0) is 8.10. The van der Waals surface area contributed by atoms with Gasteiger partial charge in [0.05, 0.1) is 0 Å². The zero-order valence-corrected chi connectivity index (χ0v) is 9.93. The molecule has 0 amide bonds. The third-order valence-electron chi connectivity index (χ3n) is 2.22. The molecule has 0 saturated carbocycles. The van der Waals surface area contributed by atoms with Gasteiger partial charge in [0.1, 0.15) is 0 Å². The van der Waals surface area contributed by atoms with E-state index in [1.54, 1.807) is 13.3 Å². The van der Waals surface area contributed by atoms with Crippen LogP contribution in [0.1, 0.15) is 19.8 Å². The Morgan fingerprint density at radius 3 is 2.45 bits per heavy atom. The summed E-state index contributed by atoms with van der Waals surface area (Å²) in [4.78, 5) is 2.49. The molecular weight excluding hydrogens is 249 g/mol. The van der Waals surface area contributed by atoms with Gasteiger partial charge < -0.3 is 0 Å². The predicted octanol–water partition coefficient (Wildman–Crippen LogP) is 2.24. The minimum atomic E-state index is -0.387. The Bertz CT molecular complexity index is 95.0. The average molecular weight is 269 g/mol. The van der Waals surface area contributed by atoms with Crippen LogP contribution in [0, 0.1) is 0 Å². The first-order valence-corrected chi connectivity index (χ1v) is 9.17. The molecule has 1 saturated heterocycles.